The third-order valence-corrected chi connectivity index (χ3v) is 2.17. The monoisotopic (exact) mass is 261 g/mol. The Balaban J connectivity index is 3.00. The van der Waals surface area contributed by atoms with E-state index in [1.54, 1.807) is 19.0 Å². The second-order valence-corrected chi connectivity index (χ2v) is 4.04. The molecule has 0 bridgehead atoms. The minimum atomic E-state index is -4.38. The van der Waals surface area contributed by atoms with E-state index in [0.717, 1.165) is 10.8 Å². The summed E-state index contributed by atoms with van der Waals surface area (Å²) in [6.45, 7) is 0.216. The summed E-state index contributed by atoms with van der Waals surface area (Å²) in [7, 11) is 3.42. The molecule has 0 aromatic carbocycles. The largest absolute Gasteiger partial charge is 0.406 e. The molecule has 0 saturated heterocycles. The van der Waals surface area contributed by atoms with Crippen LogP contribution in [-0.4, -0.2) is 40.5 Å². The van der Waals surface area contributed by atoms with E-state index < -0.39 is 18.5 Å². The highest BCUT2D eigenvalue weighted by Gasteiger charge is 2.30. The van der Waals surface area contributed by atoms with E-state index in [2.05, 4.69) is 4.98 Å². The first-order chi connectivity index (χ1) is 8.20. The number of rotatable bonds is 4. The van der Waals surface area contributed by atoms with Crippen molar-refractivity contribution in [2.24, 2.45) is 0 Å². The van der Waals surface area contributed by atoms with Crippen molar-refractivity contribution in [2.75, 3.05) is 14.1 Å². The molecule has 0 spiro atoms. The molecule has 1 heterocycles. The Morgan fingerprint density at radius 2 is 2.11 bits per heavy atom. The van der Waals surface area contributed by atoms with Crippen molar-refractivity contribution in [2.45, 2.75) is 19.6 Å². The van der Waals surface area contributed by atoms with Crippen LogP contribution in [0, 0.1) is 6.92 Å². The van der Waals surface area contributed by atoms with E-state index in [9.17, 15) is 18.0 Å². The first-order valence-corrected chi connectivity index (χ1v) is 5.18. The van der Waals surface area contributed by atoms with Gasteiger partial charge in [0.25, 0.3) is 0 Å². The van der Waals surface area contributed by atoms with Crippen LogP contribution in [0.15, 0.2) is 18.5 Å². The van der Waals surface area contributed by atoms with Gasteiger partial charge in [-0.25, -0.2) is 4.98 Å². The van der Waals surface area contributed by atoms with Gasteiger partial charge in [-0.3, -0.25) is 4.79 Å². The smallest absolute Gasteiger partial charge is 0.383 e. The topological polar surface area (TPSA) is 38.1 Å². The van der Waals surface area contributed by atoms with Crippen LogP contribution in [0.2, 0.25) is 0 Å². The molecule has 0 N–H and O–H groups in total. The standard InChI is InChI=1S/C11H14F3N3O/c1-8-15-6-9(10(18)4-5-16(2)3)17(8)7-11(12,13)14/h4-6H,7H2,1-3H3. The number of imidazole rings is 1. The number of allylic oxidation sites excluding steroid dienone is 1. The van der Waals surface area contributed by atoms with Crippen LogP contribution in [0.1, 0.15) is 16.3 Å². The minimum Gasteiger partial charge on any atom is -0.383 e. The van der Waals surface area contributed by atoms with E-state index in [0.29, 0.717) is 0 Å². The number of aryl methyl sites for hydroxylation is 1. The maximum Gasteiger partial charge on any atom is 0.406 e. The number of halogens is 3. The molecule has 0 amide bonds. The van der Waals surface area contributed by atoms with Gasteiger partial charge in [0.2, 0.25) is 5.78 Å². The summed E-state index contributed by atoms with van der Waals surface area (Å²) in [6.07, 6.45) is -0.541. The zero-order valence-corrected chi connectivity index (χ0v) is 10.3. The van der Waals surface area contributed by atoms with Crippen LogP contribution < -0.4 is 0 Å². The van der Waals surface area contributed by atoms with Gasteiger partial charge in [-0.05, 0) is 6.92 Å². The maximum atomic E-state index is 12.4. The summed E-state index contributed by atoms with van der Waals surface area (Å²) in [6, 6.07) is 0. The summed E-state index contributed by atoms with van der Waals surface area (Å²) in [5.74, 6) is -0.345. The summed E-state index contributed by atoms with van der Waals surface area (Å²) in [5.41, 5.74) is -0.0667. The Labute approximate surface area is 103 Å². The number of alkyl halides is 3. The number of hydrogen-bond donors (Lipinski definition) is 0. The first kappa shape index (κ1) is 14.3. The Bertz CT molecular complexity index is 461. The van der Waals surface area contributed by atoms with Crippen molar-refractivity contribution in [3.8, 4) is 0 Å². The summed E-state index contributed by atoms with van der Waals surface area (Å²) < 4.78 is 38.0. The number of carbonyl (C=O) groups excluding carboxylic acids is 1. The van der Waals surface area contributed by atoms with Gasteiger partial charge in [-0.1, -0.05) is 0 Å². The van der Waals surface area contributed by atoms with Crippen LogP contribution in [0.3, 0.4) is 0 Å². The van der Waals surface area contributed by atoms with E-state index >= 15 is 0 Å². The van der Waals surface area contributed by atoms with Crippen LogP contribution >= 0.6 is 0 Å². The molecular weight excluding hydrogens is 247 g/mol. The molecule has 1 aromatic heterocycles. The Hall–Kier alpha value is -1.79. The van der Waals surface area contributed by atoms with E-state index in [-0.39, 0.29) is 11.5 Å². The Morgan fingerprint density at radius 1 is 1.50 bits per heavy atom. The van der Waals surface area contributed by atoms with Crippen LogP contribution in [0.4, 0.5) is 13.2 Å². The van der Waals surface area contributed by atoms with Crippen LogP contribution in [0.25, 0.3) is 0 Å². The molecule has 0 aliphatic heterocycles. The first-order valence-electron chi connectivity index (χ1n) is 5.18. The molecule has 0 saturated carbocycles. The van der Waals surface area contributed by atoms with Gasteiger partial charge in [-0.2, -0.15) is 13.2 Å². The van der Waals surface area contributed by atoms with Gasteiger partial charge in [-0.15, -0.1) is 0 Å². The van der Waals surface area contributed by atoms with Gasteiger partial charge < -0.3 is 9.47 Å². The molecular formula is C11H14F3N3O. The van der Waals surface area contributed by atoms with Crippen LogP contribution in [0.5, 0.6) is 0 Å². The van der Waals surface area contributed by atoms with E-state index in [1.807, 2.05) is 0 Å². The summed E-state index contributed by atoms with van der Waals surface area (Å²) in [5, 5.41) is 0. The Kier molecular flexibility index (Phi) is 4.15. The fourth-order valence-corrected chi connectivity index (χ4v) is 1.35. The normalized spacial score (nSPS) is 12.1. The van der Waals surface area contributed by atoms with Gasteiger partial charge in [0, 0.05) is 26.4 Å². The van der Waals surface area contributed by atoms with Crippen molar-refractivity contribution in [1.29, 1.82) is 0 Å². The lowest BCUT2D eigenvalue weighted by molar-refractivity contribution is -0.141. The van der Waals surface area contributed by atoms with Crippen molar-refractivity contribution < 1.29 is 18.0 Å². The SMILES string of the molecule is Cc1ncc(C(=O)C=CN(C)C)n1CC(F)(F)F. The zero-order valence-electron chi connectivity index (χ0n) is 10.3. The maximum absolute atomic E-state index is 12.4. The van der Waals surface area contributed by atoms with Gasteiger partial charge >= 0.3 is 6.18 Å². The molecule has 0 aliphatic rings. The predicted octanol–water partition coefficient (Wildman–Crippen LogP) is 2.01. The molecule has 0 unspecified atom stereocenters. The molecule has 7 heteroatoms. The van der Waals surface area contributed by atoms with E-state index in [1.165, 1.54) is 19.2 Å². The number of hydrogen-bond acceptors (Lipinski definition) is 3. The van der Waals surface area contributed by atoms with Gasteiger partial charge in [0.05, 0.1) is 6.20 Å². The zero-order chi connectivity index (χ0) is 13.9. The third kappa shape index (κ3) is 3.90. The highest BCUT2D eigenvalue weighted by Crippen LogP contribution is 2.20. The number of aromatic nitrogens is 2. The number of ketones is 1. The molecule has 18 heavy (non-hydrogen) atoms. The molecule has 1 aromatic rings. The molecule has 0 fully saturated rings. The quantitative estimate of drug-likeness (QED) is 0.614. The average Bonchev–Trinajstić information content (AvgIpc) is 2.55. The average molecular weight is 261 g/mol. The second-order valence-electron chi connectivity index (χ2n) is 4.04. The highest BCUT2D eigenvalue weighted by atomic mass is 19.4. The molecule has 0 atom stereocenters. The van der Waals surface area contributed by atoms with Crippen molar-refractivity contribution in [3.05, 3.63) is 30.0 Å². The lowest BCUT2D eigenvalue weighted by Crippen LogP contribution is -2.21. The molecule has 100 valence electrons. The van der Waals surface area contributed by atoms with E-state index in [4.69, 9.17) is 0 Å². The molecule has 0 radical (unpaired) electrons. The van der Waals surface area contributed by atoms with Crippen LogP contribution in [-0.2, 0) is 6.54 Å². The molecule has 4 nitrogen and oxygen atoms in total. The number of carbonyl (C=O) groups is 1. The van der Waals surface area contributed by atoms with Crippen molar-refractivity contribution in [1.82, 2.24) is 14.5 Å². The van der Waals surface area contributed by atoms with Crippen molar-refractivity contribution in [3.63, 3.8) is 0 Å². The predicted molar refractivity (Wildman–Crippen MR) is 60.2 cm³/mol. The second kappa shape index (κ2) is 5.24. The molecule has 1 rings (SSSR count). The molecule has 0 aliphatic carbocycles. The third-order valence-electron chi connectivity index (χ3n) is 2.17. The van der Waals surface area contributed by atoms with Crippen molar-refractivity contribution >= 4 is 5.78 Å². The lowest BCUT2D eigenvalue weighted by atomic mass is 10.3. The fraction of sp³-hybridized carbons (Fsp3) is 0.455. The summed E-state index contributed by atoms with van der Waals surface area (Å²) >= 11 is 0. The Morgan fingerprint density at radius 3 is 2.61 bits per heavy atom. The minimum absolute atomic E-state index is 0.0667. The summed E-state index contributed by atoms with van der Waals surface area (Å²) in [4.78, 5) is 17.1. The van der Waals surface area contributed by atoms with Gasteiger partial charge in [0.15, 0.2) is 0 Å². The lowest BCUT2D eigenvalue weighted by Gasteiger charge is -2.11. The highest BCUT2D eigenvalue weighted by molar-refractivity contribution is 6.03. The van der Waals surface area contributed by atoms with Gasteiger partial charge in [0.1, 0.15) is 18.1 Å². The fourth-order valence-electron chi connectivity index (χ4n) is 1.35. The number of nitrogens with zero attached hydrogens (tertiary/aromatic N) is 3.